The van der Waals surface area contributed by atoms with Crippen LogP contribution in [0.5, 0.6) is 5.75 Å². The van der Waals surface area contributed by atoms with Gasteiger partial charge in [0.05, 0.1) is 10.0 Å². The first-order valence-corrected chi connectivity index (χ1v) is 6.05. The van der Waals surface area contributed by atoms with Crippen LogP contribution in [0.3, 0.4) is 0 Å². The van der Waals surface area contributed by atoms with Gasteiger partial charge in [-0.3, -0.25) is 0 Å². The Morgan fingerprint density at radius 2 is 2.12 bits per heavy atom. The predicted molar refractivity (Wildman–Crippen MR) is 69.9 cm³/mol. The molecule has 0 aliphatic heterocycles. The molecule has 0 amide bonds. The molecule has 6 heteroatoms. The molecule has 0 aromatic heterocycles. The first-order valence-electron chi connectivity index (χ1n) is 5.30. The minimum Gasteiger partial charge on any atom is -0.491 e. The molecule has 0 spiro atoms. The summed E-state index contributed by atoms with van der Waals surface area (Å²) in [6.45, 7) is 1.85. The lowest BCUT2D eigenvalue weighted by molar-refractivity contribution is 0.107. The largest absolute Gasteiger partial charge is 0.491 e. The van der Waals surface area contributed by atoms with Crippen molar-refractivity contribution in [1.29, 1.82) is 0 Å². The highest BCUT2D eigenvalue weighted by atomic mass is 35.5. The molecule has 1 aromatic carbocycles. The van der Waals surface area contributed by atoms with Crippen molar-refractivity contribution in [3.05, 3.63) is 28.2 Å². The average molecular weight is 279 g/mol. The van der Waals surface area contributed by atoms with Gasteiger partial charge in [0.25, 0.3) is 0 Å². The van der Waals surface area contributed by atoms with Crippen LogP contribution >= 0.6 is 23.2 Å². The number of nitrogens with one attached hydrogen (secondary N) is 1. The second-order valence-electron chi connectivity index (χ2n) is 3.53. The first kappa shape index (κ1) is 14.5. The van der Waals surface area contributed by atoms with Gasteiger partial charge in [-0.2, -0.15) is 0 Å². The number of aliphatic hydroxyl groups excluding tert-OH is 1. The topological polar surface area (TPSA) is 67.5 Å². The summed E-state index contributed by atoms with van der Waals surface area (Å²) < 4.78 is 5.37. The summed E-state index contributed by atoms with van der Waals surface area (Å²) in [5.41, 5.74) is 5.31. The summed E-state index contributed by atoms with van der Waals surface area (Å²) in [7, 11) is 0. The molecule has 1 unspecified atom stereocenters. The number of rotatable bonds is 7. The normalized spacial score (nSPS) is 12.5. The highest BCUT2D eigenvalue weighted by molar-refractivity contribution is 6.42. The number of nitrogens with two attached hydrogens (primary N) is 1. The van der Waals surface area contributed by atoms with Gasteiger partial charge < -0.3 is 20.9 Å². The summed E-state index contributed by atoms with van der Waals surface area (Å²) in [5, 5.41) is 13.5. The molecule has 0 saturated heterocycles. The molecule has 1 aromatic rings. The van der Waals surface area contributed by atoms with Gasteiger partial charge in [0.15, 0.2) is 0 Å². The maximum atomic E-state index is 9.57. The number of benzene rings is 1. The molecule has 4 nitrogen and oxygen atoms in total. The summed E-state index contributed by atoms with van der Waals surface area (Å²) in [5.74, 6) is 0.581. The van der Waals surface area contributed by atoms with Crippen molar-refractivity contribution < 1.29 is 9.84 Å². The van der Waals surface area contributed by atoms with Gasteiger partial charge in [-0.25, -0.2) is 0 Å². The number of halogens is 2. The maximum absolute atomic E-state index is 9.57. The summed E-state index contributed by atoms with van der Waals surface area (Å²) in [6, 6.07) is 4.97. The molecule has 0 bridgehead atoms. The molecular weight excluding hydrogens is 263 g/mol. The number of ether oxygens (including phenoxy) is 1. The Balaban J connectivity index is 2.31. The third-order valence-electron chi connectivity index (χ3n) is 2.03. The van der Waals surface area contributed by atoms with E-state index in [-0.39, 0.29) is 6.61 Å². The van der Waals surface area contributed by atoms with Crippen LogP contribution in [-0.2, 0) is 0 Å². The van der Waals surface area contributed by atoms with Crippen molar-refractivity contribution in [2.45, 2.75) is 6.10 Å². The molecule has 1 rings (SSSR count). The van der Waals surface area contributed by atoms with E-state index >= 15 is 0 Å². The van der Waals surface area contributed by atoms with E-state index < -0.39 is 6.10 Å². The van der Waals surface area contributed by atoms with Crippen molar-refractivity contribution in [2.24, 2.45) is 5.73 Å². The molecule has 0 saturated carbocycles. The number of hydrogen-bond acceptors (Lipinski definition) is 4. The average Bonchev–Trinajstić information content (AvgIpc) is 2.31. The zero-order chi connectivity index (χ0) is 12.7. The Morgan fingerprint density at radius 1 is 1.35 bits per heavy atom. The molecule has 0 fully saturated rings. The van der Waals surface area contributed by atoms with Crippen molar-refractivity contribution >= 4 is 23.2 Å². The van der Waals surface area contributed by atoms with Gasteiger partial charge in [0, 0.05) is 25.7 Å². The van der Waals surface area contributed by atoms with Gasteiger partial charge in [-0.05, 0) is 12.1 Å². The van der Waals surface area contributed by atoms with E-state index in [0.29, 0.717) is 35.4 Å². The smallest absolute Gasteiger partial charge is 0.121 e. The van der Waals surface area contributed by atoms with Crippen LogP contribution in [0, 0.1) is 0 Å². The predicted octanol–water partition coefficient (Wildman–Crippen LogP) is 1.28. The first-order chi connectivity index (χ1) is 8.13. The van der Waals surface area contributed by atoms with Gasteiger partial charge >= 0.3 is 0 Å². The Hall–Kier alpha value is -0.520. The summed E-state index contributed by atoms with van der Waals surface area (Å²) in [6.07, 6.45) is -0.587. The fourth-order valence-electron chi connectivity index (χ4n) is 1.19. The SMILES string of the molecule is NCCNCC(O)COc1ccc(Cl)c(Cl)c1. The van der Waals surface area contributed by atoms with E-state index in [4.69, 9.17) is 33.7 Å². The van der Waals surface area contributed by atoms with Crippen LogP contribution in [-0.4, -0.2) is 37.5 Å². The Kier molecular flexibility index (Phi) is 6.62. The second-order valence-corrected chi connectivity index (χ2v) is 4.35. The Labute approximate surface area is 111 Å². The third kappa shape index (κ3) is 5.57. The Morgan fingerprint density at radius 3 is 2.76 bits per heavy atom. The maximum Gasteiger partial charge on any atom is 0.121 e. The Bertz CT molecular complexity index is 350. The standard InChI is InChI=1S/C11H16Cl2N2O2/c12-10-2-1-9(5-11(10)13)17-7-8(16)6-15-4-3-14/h1-2,5,8,15-16H,3-4,6-7,14H2. The van der Waals surface area contributed by atoms with Crippen molar-refractivity contribution in [3.8, 4) is 5.75 Å². The molecule has 0 radical (unpaired) electrons. The molecule has 0 aliphatic rings. The van der Waals surface area contributed by atoms with Gasteiger partial charge in [-0.15, -0.1) is 0 Å². The van der Waals surface area contributed by atoms with E-state index in [1.54, 1.807) is 18.2 Å². The van der Waals surface area contributed by atoms with Gasteiger partial charge in [0.2, 0.25) is 0 Å². The van der Waals surface area contributed by atoms with E-state index in [9.17, 15) is 5.11 Å². The lowest BCUT2D eigenvalue weighted by Crippen LogP contribution is -2.34. The number of hydrogen-bond donors (Lipinski definition) is 3. The van der Waals surface area contributed by atoms with Crippen molar-refractivity contribution in [3.63, 3.8) is 0 Å². The lowest BCUT2D eigenvalue weighted by Gasteiger charge is -2.13. The van der Waals surface area contributed by atoms with Gasteiger partial charge in [-0.1, -0.05) is 23.2 Å². The fraction of sp³-hybridized carbons (Fsp3) is 0.455. The van der Waals surface area contributed by atoms with Crippen LogP contribution in [0.1, 0.15) is 0 Å². The zero-order valence-corrected chi connectivity index (χ0v) is 10.8. The number of aliphatic hydroxyl groups is 1. The van der Waals surface area contributed by atoms with E-state index in [0.717, 1.165) is 0 Å². The highest BCUT2D eigenvalue weighted by Crippen LogP contribution is 2.26. The lowest BCUT2D eigenvalue weighted by atomic mass is 10.3. The molecule has 96 valence electrons. The van der Waals surface area contributed by atoms with E-state index in [1.165, 1.54) is 0 Å². The monoisotopic (exact) mass is 278 g/mol. The zero-order valence-electron chi connectivity index (χ0n) is 9.33. The summed E-state index contributed by atoms with van der Waals surface area (Å²) >= 11 is 11.6. The highest BCUT2D eigenvalue weighted by Gasteiger charge is 2.05. The van der Waals surface area contributed by atoms with Gasteiger partial charge in [0.1, 0.15) is 18.5 Å². The molecule has 1 atom stereocenters. The van der Waals surface area contributed by atoms with Crippen LogP contribution in [0.15, 0.2) is 18.2 Å². The van der Waals surface area contributed by atoms with Crippen LogP contribution in [0.2, 0.25) is 10.0 Å². The van der Waals surface area contributed by atoms with Crippen molar-refractivity contribution in [2.75, 3.05) is 26.2 Å². The third-order valence-corrected chi connectivity index (χ3v) is 2.77. The van der Waals surface area contributed by atoms with Crippen molar-refractivity contribution in [1.82, 2.24) is 5.32 Å². The van der Waals surface area contributed by atoms with Crippen LogP contribution < -0.4 is 15.8 Å². The molecule has 0 aliphatic carbocycles. The van der Waals surface area contributed by atoms with Crippen LogP contribution in [0.25, 0.3) is 0 Å². The molecular formula is C11H16Cl2N2O2. The van der Waals surface area contributed by atoms with Crippen LogP contribution in [0.4, 0.5) is 0 Å². The van der Waals surface area contributed by atoms with E-state index in [1.807, 2.05) is 0 Å². The quantitative estimate of drug-likeness (QED) is 0.658. The summed E-state index contributed by atoms with van der Waals surface area (Å²) in [4.78, 5) is 0. The minimum atomic E-state index is -0.587. The fourth-order valence-corrected chi connectivity index (χ4v) is 1.48. The molecule has 4 N–H and O–H groups in total. The second kappa shape index (κ2) is 7.74. The molecule has 17 heavy (non-hydrogen) atoms. The molecule has 0 heterocycles. The van der Waals surface area contributed by atoms with E-state index in [2.05, 4.69) is 5.32 Å². The minimum absolute atomic E-state index is 0.190.